The number of aromatic nitrogens is 2. The van der Waals surface area contributed by atoms with Crippen molar-refractivity contribution in [3.8, 4) is 11.4 Å². The lowest BCUT2D eigenvalue weighted by Gasteiger charge is -2.30. The number of hydrogen-bond donors (Lipinski definition) is 1. The summed E-state index contributed by atoms with van der Waals surface area (Å²) in [7, 11) is 0. The number of aryl methyl sites for hydroxylation is 1. The quantitative estimate of drug-likeness (QED) is 0.343. The molecule has 8 heteroatoms. The number of halogens is 1. The molecule has 0 unspecified atom stereocenters. The number of nitrogens with one attached hydrogen (secondary N) is 1. The highest BCUT2D eigenvalue weighted by Gasteiger charge is 2.25. The molecule has 0 radical (unpaired) electrons. The molecule has 34 heavy (non-hydrogen) atoms. The Balaban J connectivity index is 1.11. The zero-order chi connectivity index (χ0) is 23.8. The molecule has 1 saturated heterocycles. The second kappa shape index (κ2) is 12.5. The van der Waals surface area contributed by atoms with E-state index in [2.05, 4.69) is 67.5 Å². The van der Waals surface area contributed by atoms with Crippen LogP contribution in [-0.4, -0.2) is 46.3 Å². The summed E-state index contributed by atoms with van der Waals surface area (Å²) in [5.41, 5.74) is 3.58. The van der Waals surface area contributed by atoms with Gasteiger partial charge < -0.3 is 9.84 Å². The predicted octanol–water partition coefficient (Wildman–Crippen LogP) is 5.46. The van der Waals surface area contributed by atoms with E-state index in [1.807, 2.05) is 36.0 Å². The average Bonchev–Trinajstić information content (AvgIpc) is 3.31. The summed E-state index contributed by atoms with van der Waals surface area (Å²) in [6.45, 7) is 5.20. The fourth-order valence-electron chi connectivity index (χ4n) is 4.01. The molecule has 2 heterocycles. The van der Waals surface area contributed by atoms with Gasteiger partial charge in [0.25, 0.3) is 0 Å². The monoisotopic (exact) mass is 542 g/mol. The first kappa shape index (κ1) is 24.9. The molecule has 1 aliphatic heterocycles. The highest BCUT2D eigenvalue weighted by atomic mass is 79.9. The summed E-state index contributed by atoms with van der Waals surface area (Å²) in [6, 6.07) is 16.6. The molecule has 0 saturated carbocycles. The molecule has 1 N–H and O–H groups in total. The number of carbonyl (C=O) groups excluding carboxylic acids is 1. The van der Waals surface area contributed by atoms with E-state index in [4.69, 9.17) is 4.52 Å². The third-order valence-electron chi connectivity index (χ3n) is 6.02. The summed E-state index contributed by atoms with van der Waals surface area (Å²) in [5, 5.41) is 7.25. The van der Waals surface area contributed by atoms with Gasteiger partial charge in [0.1, 0.15) is 0 Å². The van der Waals surface area contributed by atoms with Crippen molar-refractivity contribution < 1.29 is 9.32 Å². The summed E-state index contributed by atoms with van der Waals surface area (Å²) in [5.74, 6) is 3.58. The van der Waals surface area contributed by atoms with Crippen LogP contribution in [0.5, 0.6) is 0 Å². The molecule has 0 spiro atoms. The highest BCUT2D eigenvalue weighted by molar-refractivity contribution is 9.10. The topological polar surface area (TPSA) is 71.3 Å². The zero-order valence-corrected chi connectivity index (χ0v) is 21.9. The van der Waals surface area contributed by atoms with Gasteiger partial charge in [0.2, 0.25) is 17.6 Å². The van der Waals surface area contributed by atoms with E-state index in [0.29, 0.717) is 18.3 Å². The van der Waals surface area contributed by atoms with Crippen molar-refractivity contribution in [3.63, 3.8) is 0 Å². The summed E-state index contributed by atoms with van der Waals surface area (Å²) in [6.07, 6.45) is 2.72. The van der Waals surface area contributed by atoms with Crippen molar-refractivity contribution in [1.29, 1.82) is 0 Å². The number of likely N-dealkylation sites (tertiary alicyclic amines) is 1. The van der Waals surface area contributed by atoms with Crippen LogP contribution in [0.4, 0.5) is 0 Å². The number of carbonyl (C=O) groups is 1. The van der Waals surface area contributed by atoms with Gasteiger partial charge in [-0.15, -0.1) is 0 Å². The minimum atomic E-state index is 0.0939. The second-order valence-electron chi connectivity index (χ2n) is 8.76. The van der Waals surface area contributed by atoms with Crippen LogP contribution in [-0.2, 0) is 17.1 Å². The Kier molecular flexibility index (Phi) is 9.18. The van der Waals surface area contributed by atoms with Crippen LogP contribution in [0.2, 0.25) is 0 Å². The minimum Gasteiger partial charge on any atom is -0.356 e. The molecule has 6 nitrogen and oxygen atoms in total. The Morgan fingerprint density at radius 2 is 2.00 bits per heavy atom. The number of thioether (sulfide) groups is 1. The zero-order valence-electron chi connectivity index (χ0n) is 19.5. The third kappa shape index (κ3) is 7.42. The molecule has 1 aromatic heterocycles. The average molecular weight is 544 g/mol. The summed E-state index contributed by atoms with van der Waals surface area (Å²) >= 11 is 5.39. The van der Waals surface area contributed by atoms with Gasteiger partial charge in [0, 0.05) is 28.3 Å². The Hall–Kier alpha value is -2.16. The van der Waals surface area contributed by atoms with Crippen molar-refractivity contribution in [2.45, 2.75) is 38.5 Å². The van der Waals surface area contributed by atoms with Gasteiger partial charge in [0.05, 0.1) is 6.54 Å². The minimum absolute atomic E-state index is 0.0939. The number of benzene rings is 2. The Morgan fingerprint density at radius 3 is 2.76 bits per heavy atom. The van der Waals surface area contributed by atoms with Crippen molar-refractivity contribution in [2.75, 3.05) is 25.4 Å². The molecule has 0 aliphatic carbocycles. The number of piperidine rings is 1. The van der Waals surface area contributed by atoms with Crippen LogP contribution in [0.3, 0.4) is 0 Å². The van der Waals surface area contributed by atoms with Gasteiger partial charge in [-0.05, 0) is 62.7 Å². The van der Waals surface area contributed by atoms with E-state index in [1.165, 1.54) is 11.1 Å². The molecule has 1 fully saturated rings. The predicted molar refractivity (Wildman–Crippen MR) is 140 cm³/mol. The number of nitrogens with zero attached hydrogens (tertiary/aromatic N) is 3. The van der Waals surface area contributed by atoms with Crippen LogP contribution >= 0.6 is 27.7 Å². The molecule has 3 aromatic rings. The van der Waals surface area contributed by atoms with Gasteiger partial charge in [-0.25, -0.2) is 0 Å². The lowest BCUT2D eigenvalue weighted by Crippen LogP contribution is -2.40. The maximum atomic E-state index is 12.6. The molecular weight excluding hydrogens is 512 g/mol. The Morgan fingerprint density at radius 1 is 1.21 bits per heavy atom. The fourth-order valence-corrected chi connectivity index (χ4v) is 5.33. The maximum Gasteiger partial charge on any atom is 0.241 e. The molecule has 1 amide bonds. The first-order valence-corrected chi connectivity index (χ1v) is 13.7. The van der Waals surface area contributed by atoms with Crippen LogP contribution in [0, 0.1) is 12.8 Å². The highest BCUT2D eigenvalue weighted by Crippen LogP contribution is 2.22. The number of rotatable bonds is 10. The van der Waals surface area contributed by atoms with Gasteiger partial charge >= 0.3 is 0 Å². The van der Waals surface area contributed by atoms with Gasteiger partial charge in [-0.2, -0.15) is 16.7 Å². The Bertz CT molecular complexity index is 1060. The van der Waals surface area contributed by atoms with Crippen molar-refractivity contribution in [3.05, 3.63) is 70.0 Å². The molecule has 180 valence electrons. The summed E-state index contributed by atoms with van der Waals surface area (Å²) < 4.78 is 6.44. The van der Waals surface area contributed by atoms with E-state index >= 15 is 0 Å². The molecule has 2 aromatic carbocycles. The van der Waals surface area contributed by atoms with E-state index in [-0.39, 0.29) is 11.8 Å². The molecule has 0 atom stereocenters. The standard InChI is InChI=1S/C26H31BrN4O2S/c1-19-6-8-20(9-7-19)18-34-15-3-12-28-26(32)21-10-13-31(14-11-21)17-24-29-25(30-33-24)22-4-2-5-23(27)16-22/h2,4-9,16,21H,3,10-15,17-18H2,1H3,(H,28,32). The van der Waals surface area contributed by atoms with Crippen LogP contribution in [0.15, 0.2) is 57.5 Å². The van der Waals surface area contributed by atoms with Gasteiger partial charge in [0.15, 0.2) is 0 Å². The molecule has 0 bridgehead atoms. The van der Waals surface area contributed by atoms with Gasteiger partial charge in [-0.3, -0.25) is 9.69 Å². The molecule has 4 rings (SSSR count). The number of hydrogen-bond acceptors (Lipinski definition) is 6. The SMILES string of the molecule is Cc1ccc(CSCCCNC(=O)C2CCN(Cc3nc(-c4cccc(Br)c4)no3)CC2)cc1. The maximum absolute atomic E-state index is 12.6. The lowest BCUT2D eigenvalue weighted by molar-refractivity contribution is -0.126. The molecule has 1 aliphatic rings. The smallest absolute Gasteiger partial charge is 0.241 e. The van der Waals surface area contributed by atoms with Crippen LogP contribution < -0.4 is 5.32 Å². The van der Waals surface area contributed by atoms with Crippen molar-refractivity contribution in [1.82, 2.24) is 20.4 Å². The van der Waals surface area contributed by atoms with Crippen LogP contribution in [0.25, 0.3) is 11.4 Å². The second-order valence-corrected chi connectivity index (χ2v) is 10.8. The van der Waals surface area contributed by atoms with E-state index in [0.717, 1.165) is 60.4 Å². The van der Waals surface area contributed by atoms with Crippen molar-refractivity contribution >= 4 is 33.6 Å². The van der Waals surface area contributed by atoms with Crippen LogP contribution in [0.1, 0.15) is 36.3 Å². The normalized spacial score (nSPS) is 14.9. The Labute approximate surface area is 214 Å². The summed E-state index contributed by atoms with van der Waals surface area (Å²) in [4.78, 5) is 19.4. The molecular formula is C26H31BrN4O2S. The first-order chi connectivity index (χ1) is 16.6. The van der Waals surface area contributed by atoms with Gasteiger partial charge in [-0.1, -0.05) is 63.0 Å². The first-order valence-electron chi connectivity index (χ1n) is 11.8. The van der Waals surface area contributed by atoms with E-state index in [1.54, 1.807) is 0 Å². The third-order valence-corrected chi connectivity index (χ3v) is 7.63. The van der Waals surface area contributed by atoms with Crippen molar-refractivity contribution in [2.24, 2.45) is 5.92 Å². The van der Waals surface area contributed by atoms with E-state index in [9.17, 15) is 4.79 Å². The largest absolute Gasteiger partial charge is 0.356 e. The van der Waals surface area contributed by atoms with E-state index < -0.39 is 0 Å². The lowest BCUT2D eigenvalue weighted by atomic mass is 9.96. The fraction of sp³-hybridized carbons (Fsp3) is 0.423. The number of amides is 1.